The van der Waals surface area contributed by atoms with Crippen LogP contribution in [0.2, 0.25) is 5.02 Å². The third kappa shape index (κ3) is 5.19. The van der Waals surface area contributed by atoms with Crippen molar-refractivity contribution >= 4 is 33.5 Å². The van der Waals surface area contributed by atoms with Gasteiger partial charge in [0.05, 0.1) is 5.02 Å². The molecule has 0 bridgehead atoms. The molecule has 0 radical (unpaired) electrons. The molecule has 4 N–H and O–H groups in total. The Labute approximate surface area is 160 Å². The molecule has 1 atom stereocenters. The van der Waals surface area contributed by atoms with Crippen molar-refractivity contribution in [2.24, 2.45) is 5.73 Å². The van der Waals surface area contributed by atoms with Gasteiger partial charge in [-0.15, -0.1) is 0 Å². The minimum absolute atomic E-state index is 0.0881. The molecule has 0 spiro atoms. The number of benzene rings is 2. The highest BCUT2D eigenvalue weighted by atomic mass is 35.5. The van der Waals surface area contributed by atoms with Crippen LogP contribution in [0.4, 0.5) is 0 Å². The molecule has 10 heteroatoms. The Kier molecular flexibility index (Phi) is 6.42. The van der Waals surface area contributed by atoms with Gasteiger partial charge >= 0.3 is 5.97 Å². The summed E-state index contributed by atoms with van der Waals surface area (Å²) in [5, 5.41) is 9.29. The van der Waals surface area contributed by atoms with Crippen molar-refractivity contribution in [1.82, 2.24) is 4.72 Å². The van der Waals surface area contributed by atoms with Crippen LogP contribution in [0.15, 0.2) is 47.4 Å². The van der Waals surface area contributed by atoms with Gasteiger partial charge < -0.3 is 15.6 Å². The van der Waals surface area contributed by atoms with Crippen LogP contribution in [0.1, 0.15) is 17.2 Å². The Morgan fingerprint density at radius 2 is 1.89 bits per heavy atom. The molecule has 0 aliphatic heterocycles. The van der Waals surface area contributed by atoms with Crippen LogP contribution >= 0.6 is 11.6 Å². The second-order valence-corrected chi connectivity index (χ2v) is 7.70. The quantitative estimate of drug-likeness (QED) is 0.602. The summed E-state index contributed by atoms with van der Waals surface area (Å²) < 4.78 is 32.8. The van der Waals surface area contributed by atoms with E-state index in [1.807, 2.05) is 0 Å². The van der Waals surface area contributed by atoms with E-state index in [2.05, 4.69) is 4.72 Å². The second kappa shape index (κ2) is 8.38. The Bertz CT molecular complexity index is 963. The molecule has 0 saturated heterocycles. The van der Waals surface area contributed by atoms with E-state index >= 15 is 0 Å². The molecule has 0 unspecified atom stereocenters. The zero-order valence-electron chi connectivity index (χ0n) is 14.2. The summed E-state index contributed by atoms with van der Waals surface area (Å²) in [6.07, 6.45) is 0. The Balaban J connectivity index is 2.41. The molecular weight excluding hydrogens is 396 g/mol. The number of hydrogen-bond acceptors (Lipinski definition) is 5. The molecule has 27 heavy (non-hydrogen) atoms. The maximum absolute atomic E-state index is 12.7. The number of amides is 1. The van der Waals surface area contributed by atoms with Gasteiger partial charge in [-0.3, -0.25) is 9.59 Å². The first kappa shape index (κ1) is 20.7. The van der Waals surface area contributed by atoms with E-state index in [1.54, 1.807) is 25.1 Å². The standard InChI is InChI=1S/C17H17ClN2O6S/c1-10-7-12(18)14(8-13(10)26-9-15(19)21)27(24,25)20-16(17(22)23)11-5-3-2-4-6-11/h2-8,16,20H,9H2,1H3,(H2,19,21)(H,22,23)/t16-/m1/s1. The van der Waals surface area contributed by atoms with Crippen molar-refractivity contribution in [3.63, 3.8) is 0 Å². The van der Waals surface area contributed by atoms with Gasteiger partial charge in [0.15, 0.2) is 6.61 Å². The molecule has 0 aliphatic rings. The maximum Gasteiger partial charge on any atom is 0.326 e. The molecule has 2 aromatic carbocycles. The molecule has 8 nitrogen and oxygen atoms in total. The molecule has 0 fully saturated rings. The monoisotopic (exact) mass is 412 g/mol. The SMILES string of the molecule is Cc1cc(Cl)c(S(=O)(=O)N[C@@H](C(=O)O)c2ccccc2)cc1OCC(N)=O. The number of carbonyl (C=O) groups is 2. The number of rotatable bonds is 8. The van der Waals surface area contributed by atoms with Crippen molar-refractivity contribution in [2.75, 3.05) is 6.61 Å². The summed E-state index contributed by atoms with van der Waals surface area (Å²) >= 11 is 6.04. The molecule has 0 heterocycles. The van der Waals surface area contributed by atoms with Gasteiger partial charge in [-0.25, -0.2) is 8.42 Å². The first-order chi connectivity index (χ1) is 12.6. The summed E-state index contributed by atoms with van der Waals surface area (Å²) in [6.45, 7) is 1.16. The molecule has 2 aromatic rings. The average Bonchev–Trinajstić information content (AvgIpc) is 2.59. The second-order valence-electron chi connectivity index (χ2n) is 5.61. The van der Waals surface area contributed by atoms with Crippen molar-refractivity contribution < 1.29 is 27.9 Å². The third-order valence-corrected chi connectivity index (χ3v) is 5.43. The number of aryl methyl sites for hydroxylation is 1. The number of carboxylic acid groups (broad SMARTS) is 1. The van der Waals surface area contributed by atoms with Crippen molar-refractivity contribution in [3.8, 4) is 5.75 Å². The minimum atomic E-state index is -4.32. The summed E-state index contributed by atoms with van der Waals surface area (Å²) in [4.78, 5) is 22.1. The van der Waals surface area contributed by atoms with Gasteiger partial charge in [-0.1, -0.05) is 41.9 Å². The van der Waals surface area contributed by atoms with E-state index in [0.29, 0.717) is 5.56 Å². The number of hydrogen-bond donors (Lipinski definition) is 3. The predicted molar refractivity (Wildman–Crippen MR) is 98.0 cm³/mol. The van der Waals surface area contributed by atoms with Gasteiger partial charge in [0.2, 0.25) is 10.0 Å². The summed E-state index contributed by atoms with van der Waals surface area (Å²) in [7, 11) is -4.32. The Morgan fingerprint density at radius 1 is 1.26 bits per heavy atom. The van der Waals surface area contributed by atoms with Crippen molar-refractivity contribution in [1.29, 1.82) is 0 Å². The lowest BCUT2D eigenvalue weighted by atomic mass is 10.1. The number of ether oxygens (including phenoxy) is 1. The van der Waals surface area contributed by atoms with E-state index < -0.39 is 34.5 Å². The first-order valence-electron chi connectivity index (χ1n) is 7.63. The maximum atomic E-state index is 12.7. The van der Waals surface area contributed by atoms with Crippen LogP contribution in [-0.4, -0.2) is 32.0 Å². The number of halogens is 1. The van der Waals surface area contributed by atoms with Crippen molar-refractivity contribution in [3.05, 3.63) is 58.6 Å². The van der Waals surface area contributed by atoms with E-state index in [1.165, 1.54) is 18.2 Å². The van der Waals surface area contributed by atoms with E-state index in [9.17, 15) is 23.1 Å². The van der Waals surface area contributed by atoms with Gasteiger partial charge in [0.1, 0.15) is 16.7 Å². The average molecular weight is 413 g/mol. The summed E-state index contributed by atoms with van der Waals surface area (Å²) in [6, 6.07) is 8.78. The van der Waals surface area contributed by atoms with Crippen LogP contribution in [0.5, 0.6) is 5.75 Å². The molecule has 2 rings (SSSR count). The van der Waals surface area contributed by atoms with Crippen molar-refractivity contribution in [2.45, 2.75) is 17.9 Å². The van der Waals surface area contributed by atoms with Gasteiger partial charge in [0.25, 0.3) is 5.91 Å². The lowest BCUT2D eigenvalue weighted by molar-refractivity contribution is -0.139. The molecular formula is C17H17ClN2O6S. The van der Waals surface area contributed by atoms with Gasteiger partial charge in [0, 0.05) is 6.07 Å². The zero-order chi connectivity index (χ0) is 20.2. The van der Waals surface area contributed by atoms with Crippen LogP contribution in [0.25, 0.3) is 0 Å². The normalized spacial score (nSPS) is 12.4. The Hall–Kier alpha value is -2.62. The molecule has 144 valence electrons. The van der Waals surface area contributed by atoms with E-state index in [-0.39, 0.29) is 21.2 Å². The summed E-state index contributed by atoms with van der Waals surface area (Å²) in [5.74, 6) is -2.02. The van der Waals surface area contributed by atoms with Crippen LogP contribution < -0.4 is 15.2 Å². The molecule has 1 amide bonds. The number of sulfonamides is 1. The fourth-order valence-corrected chi connectivity index (χ4v) is 4.04. The number of nitrogens with two attached hydrogens (primary N) is 1. The van der Waals surface area contributed by atoms with Crippen LogP contribution in [0, 0.1) is 6.92 Å². The number of primary amides is 1. The third-order valence-electron chi connectivity index (χ3n) is 3.54. The lowest BCUT2D eigenvalue weighted by Gasteiger charge is -2.17. The topological polar surface area (TPSA) is 136 Å². The smallest absolute Gasteiger partial charge is 0.326 e. The lowest BCUT2D eigenvalue weighted by Crippen LogP contribution is -2.34. The zero-order valence-corrected chi connectivity index (χ0v) is 15.8. The van der Waals surface area contributed by atoms with Gasteiger partial charge in [-0.05, 0) is 24.1 Å². The number of nitrogens with one attached hydrogen (secondary N) is 1. The minimum Gasteiger partial charge on any atom is -0.483 e. The Morgan fingerprint density at radius 3 is 2.44 bits per heavy atom. The molecule has 0 saturated carbocycles. The molecule has 0 aliphatic carbocycles. The van der Waals surface area contributed by atoms with Gasteiger partial charge in [-0.2, -0.15) is 4.72 Å². The first-order valence-corrected chi connectivity index (χ1v) is 9.49. The fraction of sp³-hybridized carbons (Fsp3) is 0.176. The fourth-order valence-electron chi connectivity index (χ4n) is 2.27. The molecule has 0 aromatic heterocycles. The predicted octanol–water partition coefficient (Wildman–Crippen LogP) is 1.62. The highest BCUT2D eigenvalue weighted by Crippen LogP contribution is 2.31. The summed E-state index contributed by atoms with van der Waals surface area (Å²) in [5.41, 5.74) is 5.76. The highest BCUT2D eigenvalue weighted by molar-refractivity contribution is 7.89. The van der Waals surface area contributed by atoms with E-state index in [4.69, 9.17) is 22.1 Å². The van der Waals surface area contributed by atoms with Crippen LogP contribution in [-0.2, 0) is 19.6 Å². The largest absolute Gasteiger partial charge is 0.483 e. The van der Waals surface area contributed by atoms with Crippen LogP contribution in [0.3, 0.4) is 0 Å². The highest BCUT2D eigenvalue weighted by Gasteiger charge is 2.29. The number of carboxylic acids is 1. The van der Waals surface area contributed by atoms with E-state index in [0.717, 1.165) is 6.07 Å². The number of carbonyl (C=O) groups excluding carboxylic acids is 1. The number of aliphatic carboxylic acids is 1.